The third-order valence-electron chi connectivity index (χ3n) is 5.14. The Morgan fingerprint density at radius 2 is 1.56 bits per heavy atom. The van der Waals surface area contributed by atoms with Gasteiger partial charge in [-0.05, 0) is 57.8 Å². The molecule has 2 N–H and O–H groups in total. The summed E-state index contributed by atoms with van der Waals surface area (Å²) in [6.07, 6.45) is 0. The van der Waals surface area contributed by atoms with Gasteiger partial charge in [0.05, 0.1) is 11.2 Å². The minimum absolute atomic E-state index is 0.311. The van der Waals surface area contributed by atoms with Gasteiger partial charge in [0.2, 0.25) is 0 Å². The van der Waals surface area contributed by atoms with Crippen molar-refractivity contribution < 1.29 is 9.31 Å². The van der Waals surface area contributed by atoms with E-state index in [0.717, 1.165) is 17.7 Å². The fourth-order valence-electron chi connectivity index (χ4n) is 2.85. The SMILES string of the molecule is Cc1cc(CNNc2ccccc2)ccc1B1OC(C)(C)C(C)(C)O1. The highest BCUT2D eigenvalue weighted by molar-refractivity contribution is 6.62. The summed E-state index contributed by atoms with van der Waals surface area (Å²) in [5.74, 6) is 0. The van der Waals surface area contributed by atoms with Crippen LogP contribution < -0.4 is 16.3 Å². The molecule has 4 nitrogen and oxygen atoms in total. The molecule has 0 spiro atoms. The molecule has 1 saturated heterocycles. The highest BCUT2D eigenvalue weighted by Gasteiger charge is 2.51. The van der Waals surface area contributed by atoms with E-state index in [0.29, 0.717) is 0 Å². The Bertz CT molecular complexity index is 716. The Balaban J connectivity index is 1.63. The normalized spacial score (nSPS) is 18.4. The third kappa shape index (κ3) is 3.89. The lowest BCUT2D eigenvalue weighted by Crippen LogP contribution is -2.41. The summed E-state index contributed by atoms with van der Waals surface area (Å²) < 4.78 is 12.3. The first-order valence-corrected chi connectivity index (χ1v) is 8.77. The summed E-state index contributed by atoms with van der Waals surface area (Å²) >= 11 is 0. The van der Waals surface area contributed by atoms with E-state index in [-0.39, 0.29) is 18.3 Å². The van der Waals surface area contributed by atoms with Crippen LogP contribution in [0.25, 0.3) is 0 Å². The van der Waals surface area contributed by atoms with E-state index in [1.54, 1.807) is 0 Å². The van der Waals surface area contributed by atoms with Crippen molar-refractivity contribution in [3.8, 4) is 0 Å². The number of anilines is 1. The lowest BCUT2D eigenvalue weighted by molar-refractivity contribution is 0.00578. The van der Waals surface area contributed by atoms with Crippen molar-refractivity contribution in [1.82, 2.24) is 5.43 Å². The van der Waals surface area contributed by atoms with Crippen LogP contribution in [0.4, 0.5) is 5.69 Å². The Hall–Kier alpha value is -1.82. The van der Waals surface area contributed by atoms with Gasteiger partial charge in [0.1, 0.15) is 0 Å². The number of nitrogens with one attached hydrogen (secondary N) is 2. The van der Waals surface area contributed by atoms with Crippen molar-refractivity contribution in [3.05, 3.63) is 59.7 Å². The van der Waals surface area contributed by atoms with Crippen LogP contribution in [-0.2, 0) is 15.9 Å². The van der Waals surface area contributed by atoms with Gasteiger partial charge >= 0.3 is 7.12 Å². The van der Waals surface area contributed by atoms with Crippen LogP contribution in [-0.4, -0.2) is 18.3 Å². The van der Waals surface area contributed by atoms with Crippen LogP contribution in [0, 0.1) is 6.92 Å². The molecular weight excluding hydrogens is 311 g/mol. The highest BCUT2D eigenvalue weighted by atomic mass is 16.7. The van der Waals surface area contributed by atoms with Crippen molar-refractivity contribution in [3.63, 3.8) is 0 Å². The minimum Gasteiger partial charge on any atom is -0.399 e. The zero-order valence-corrected chi connectivity index (χ0v) is 15.7. The fraction of sp³-hybridized carbons (Fsp3) is 0.400. The van der Waals surface area contributed by atoms with Gasteiger partial charge in [-0.3, -0.25) is 0 Å². The van der Waals surface area contributed by atoms with Crippen molar-refractivity contribution in [2.24, 2.45) is 0 Å². The quantitative estimate of drug-likeness (QED) is 0.648. The number of hydrogen-bond donors (Lipinski definition) is 2. The van der Waals surface area contributed by atoms with Gasteiger partial charge in [-0.1, -0.05) is 42.0 Å². The number of benzene rings is 2. The molecule has 2 aromatic carbocycles. The molecule has 0 aromatic heterocycles. The molecule has 0 saturated carbocycles. The number of aryl methyl sites for hydroxylation is 1. The second kappa shape index (κ2) is 6.83. The number of para-hydroxylation sites is 1. The summed E-state index contributed by atoms with van der Waals surface area (Å²) in [7, 11) is -0.311. The van der Waals surface area contributed by atoms with Gasteiger partial charge in [0.25, 0.3) is 0 Å². The van der Waals surface area contributed by atoms with E-state index in [4.69, 9.17) is 9.31 Å². The molecule has 0 aliphatic carbocycles. The molecule has 1 aliphatic rings. The van der Waals surface area contributed by atoms with Crippen LogP contribution in [0.3, 0.4) is 0 Å². The van der Waals surface area contributed by atoms with Gasteiger partial charge in [0.15, 0.2) is 0 Å². The minimum atomic E-state index is -0.316. The van der Waals surface area contributed by atoms with Gasteiger partial charge in [-0.25, -0.2) is 5.43 Å². The first kappa shape index (κ1) is 18.0. The number of hydrogen-bond acceptors (Lipinski definition) is 4. The molecule has 1 heterocycles. The third-order valence-corrected chi connectivity index (χ3v) is 5.14. The molecule has 5 heteroatoms. The van der Waals surface area contributed by atoms with Crippen molar-refractivity contribution in [2.45, 2.75) is 52.4 Å². The van der Waals surface area contributed by atoms with Crippen molar-refractivity contribution in [1.29, 1.82) is 0 Å². The fourth-order valence-corrected chi connectivity index (χ4v) is 2.85. The molecule has 0 unspecified atom stereocenters. The monoisotopic (exact) mass is 338 g/mol. The Morgan fingerprint density at radius 1 is 0.920 bits per heavy atom. The van der Waals surface area contributed by atoms with Gasteiger partial charge < -0.3 is 14.7 Å². The second-order valence-electron chi connectivity index (χ2n) is 7.62. The summed E-state index contributed by atoms with van der Waals surface area (Å²) in [6, 6.07) is 16.5. The summed E-state index contributed by atoms with van der Waals surface area (Å²) in [6.45, 7) is 11.2. The molecule has 2 aromatic rings. The van der Waals surface area contributed by atoms with Crippen molar-refractivity contribution >= 4 is 18.3 Å². The van der Waals surface area contributed by atoms with E-state index in [9.17, 15) is 0 Å². The van der Waals surface area contributed by atoms with Crippen LogP contribution in [0.5, 0.6) is 0 Å². The number of rotatable bonds is 5. The molecule has 0 atom stereocenters. The molecule has 132 valence electrons. The van der Waals surface area contributed by atoms with Crippen LogP contribution >= 0.6 is 0 Å². The van der Waals surface area contributed by atoms with Crippen molar-refractivity contribution in [2.75, 3.05) is 5.43 Å². The predicted octanol–water partition coefficient (Wildman–Crippen LogP) is 3.41. The zero-order chi connectivity index (χ0) is 18.1. The van der Waals surface area contributed by atoms with Crippen LogP contribution in [0.15, 0.2) is 48.5 Å². The van der Waals surface area contributed by atoms with E-state index in [1.807, 2.05) is 30.3 Å². The first-order chi connectivity index (χ1) is 11.8. The Morgan fingerprint density at radius 3 is 2.16 bits per heavy atom. The van der Waals surface area contributed by atoms with Gasteiger partial charge in [-0.2, -0.15) is 0 Å². The highest BCUT2D eigenvalue weighted by Crippen LogP contribution is 2.36. The summed E-state index contributed by atoms with van der Waals surface area (Å²) in [4.78, 5) is 0. The number of hydrazine groups is 1. The summed E-state index contributed by atoms with van der Waals surface area (Å²) in [5, 5.41) is 0. The predicted molar refractivity (Wildman–Crippen MR) is 104 cm³/mol. The molecule has 1 fully saturated rings. The Labute approximate surface area is 151 Å². The Kier molecular flexibility index (Phi) is 4.91. The maximum Gasteiger partial charge on any atom is 0.495 e. The smallest absolute Gasteiger partial charge is 0.399 e. The first-order valence-electron chi connectivity index (χ1n) is 8.77. The lowest BCUT2D eigenvalue weighted by Gasteiger charge is -2.32. The topological polar surface area (TPSA) is 42.5 Å². The largest absolute Gasteiger partial charge is 0.495 e. The molecule has 0 amide bonds. The van der Waals surface area contributed by atoms with Crippen LogP contribution in [0.2, 0.25) is 0 Å². The van der Waals surface area contributed by atoms with Gasteiger partial charge in [0, 0.05) is 12.2 Å². The standard InChI is InChI=1S/C20H27BN2O2/c1-15-13-16(14-22-23-17-9-7-6-8-10-17)11-12-18(15)21-24-19(2,3)20(4,5)25-21/h6-13,22-23H,14H2,1-5H3. The lowest BCUT2D eigenvalue weighted by atomic mass is 9.76. The molecule has 0 bridgehead atoms. The summed E-state index contributed by atoms with van der Waals surface area (Å²) in [5.41, 5.74) is 10.4. The van der Waals surface area contributed by atoms with E-state index < -0.39 is 0 Å². The van der Waals surface area contributed by atoms with E-state index in [2.05, 4.69) is 63.7 Å². The second-order valence-corrected chi connectivity index (χ2v) is 7.62. The molecule has 3 rings (SSSR count). The van der Waals surface area contributed by atoms with E-state index in [1.165, 1.54) is 11.1 Å². The maximum atomic E-state index is 6.16. The maximum absolute atomic E-state index is 6.16. The van der Waals surface area contributed by atoms with Crippen LogP contribution in [0.1, 0.15) is 38.8 Å². The van der Waals surface area contributed by atoms with Gasteiger partial charge in [-0.15, -0.1) is 0 Å². The average molecular weight is 338 g/mol. The molecular formula is C20H27BN2O2. The zero-order valence-electron chi connectivity index (χ0n) is 15.7. The molecule has 0 radical (unpaired) electrons. The molecule has 1 aliphatic heterocycles. The molecule has 25 heavy (non-hydrogen) atoms. The average Bonchev–Trinajstić information content (AvgIpc) is 2.76. The van der Waals surface area contributed by atoms with E-state index >= 15 is 0 Å².